The predicted molar refractivity (Wildman–Crippen MR) is 62.0 cm³/mol. The zero-order valence-corrected chi connectivity index (χ0v) is 8.93. The van der Waals surface area contributed by atoms with Crippen molar-refractivity contribution in [3.05, 3.63) is 23.8 Å². The Labute approximate surface area is 85.7 Å². The average Bonchev–Trinajstić information content (AvgIpc) is 2.38. The van der Waals surface area contributed by atoms with Crippen LogP contribution in [-0.4, -0.2) is 12.6 Å². The number of benzene rings is 1. The largest absolute Gasteiger partial charge is 0.383 e. The topological polar surface area (TPSA) is 24.1 Å². The maximum Gasteiger partial charge on any atom is 0.0578 e. The first-order valence-electron chi connectivity index (χ1n) is 5.40. The molecule has 0 aliphatic carbocycles. The lowest BCUT2D eigenvalue weighted by Crippen LogP contribution is -2.18. The minimum atomic E-state index is 0.617. The lowest BCUT2D eigenvalue weighted by atomic mass is 10.1. The molecule has 0 aromatic heterocycles. The van der Waals surface area contributed by atoms with E-state index in [0.717, 1.165) is 6.54 Å². The standard InChI is InChI=1S/C12H18N2/c1-3-10-6-7-13-12-8-9(2)4-5-11(12)14-10/h4-5,8,10,13-14H,3,6-7H2,1-2H3. The van der Waals surface area contributed by atoms with Crippen LogP contribution in [0.3, 0.4) is 0 Å². The molecule has 0 saturated heterocycles. The Morgan fingerprint density at radius 1 is 1.36 bits per heavy atom. The van der Waals surface area contributed by atoms with Gasteiger partial charge in [-0.1, -0.05) is 13.0 Å². The van der Waals surface area contributed by atoms with E-state index < -0.39 is 0 Å². The third-order valence-corrected chi connectivity index (χ3v) is 2.84. The van der Waals surface area contributed by atoms with Crippen LogP contribution >= 0.6 is 0 Å². The molecule has 76 valence electrons. The third-order valence-electron chi connectivity index (χ3n) is 2.84. The van der Waals surface area contributed by atoms with Gasteiger partial charge in [0, 0.05) is 12.6 Å². The molecule has 0 spiro atoms. The maximum absolute atomic E-state index is 3.57. The Kier molecular flexibility index (Phi) is 2.62. The molecule has 0 fully saturated rings. The summed E-state index contributed by atoms with van der Waals surface area (Å²) in [5.74, 6) is 0. The van der Waals surface area contributed by atoms with Crippen molar-refractivity contribution >= 4 is 11.4 Å². The summed E-state index contributed by atoms with van der Waals surface area (Å²) in [4.78, 5) is 0. The van der Waals surface area contributed by atoms with Gasteiger partial charge in [-0.25, -0.2) is 0 Å². The minimum absolute atomic E-state index is 0.617. The van der Waals surface area contributed by atoms with Gasteiger partial charge in [-0.3, -0.25) is 0 Å². The van der Waals surface area contributed by atoms with Crippen molar-refractivity contribution in [3.63, 3.8) is 0 Å². The Balaban J connectivity index is 2.27. The maximum atomic E-state index is 3.57. The van der Waals surface area contributed by atoms with E-state index >= 15 is 0 Å². The first-order valence-corrected chi connectivity index (χ1v) is 5.40. The van der Waals surface area contributed by atoms with Gasteiger partial charge in [0.1, 0.15) is 0 Å². The molecule has 0 amide bonds. The normalized spacial score (nSPS) is 20.3. The number of nitrogens with one attached hydrogen (secondary N) is 2. The highest BCUT2D eigenvalue weighted by Crippen LogP contribution is 2.27. The number of fused-ring (bicyclic) bond motifs is 1. The summed E-state index contributed by atoms with van der Waals surface area (Å²) in [5.41, 5.74) is 3.81. The molecule has 14 heavy (non-hydrogen) atoms. The summed E-state index contributed by atoms with van der Waals surface area (Å²) in [6.45, 7) is 5.43. The Hall–Kier alpha value is -1.18. The molecule has 2 rings (SSSR count). The molecule has 0 radical (unpaired) electrons. The van der Waals surface area contributed by atoms with Crippen molar-refractivity contribution < 1.29 is 0 Å². The van der Waals surface area contributed by atoms with Gasteiger partial charge in [0.15, 0.2) is 0 Å². The zero-order chi connectivity index (χ0) is 9.97. The Morgan fingerprint density at radius 2 is 2.21 bits per heavy atom. The second-order valence-electron chi connectivity index (χ2n) is 4.01. The third kappa shape index (κ3) is 1.84. The van der Waals surface area contributed by atoms with Crippen molar-refractivity contribution in [1.29, 1.82) is 0 Å². The van der Waals surface area contributed by atoms with E-state index in [1.54, 1.807) is 0 Å². The summed E-state index contributed by atoms with van der Waals surface area (Å²) in [5, 5.41) is 7.04. The van der Waals surface area contributed by atoms with Crippen LogP contribution in [-0.2, 0) is 0 Å². The van der Waals surface area contributed by atoms with Crippen molar-refractivity contribution in [3.8, 4) is 0 Å². The number of aryl methyl sites for hydroxylation is 1. The van der Waals surface area contributed by atoms with Gasteiger partial charge in [-0.2, -0.15) is 0 Å². The van der Waals surface area contributed by atoms with Gasteiger partial charge < -0.3 is 10.6 Å². The van der Waals surface area contributed by atoms with E-state index in [1.807, 2.05) is 0 Å². The summed E-state index contributed by atoms with van der Waals surface area (Å²) in [6, 6.07) is 7.16. The van der Waals surface area contributed by atoms with Gasteiger partial charge in [0.2, 0.25) is 0 Å². The van der Waals surface area contributed by atoms with Crippen LogP contribution in [0.15, 0.2) is 18.2 Å². The number of hydrogen-bond donors (Lipinski definition) is 2. The van der Waals surface area contributed by atoms with E-state index in [-0.39, 0.29) is 0 Å². The van der Waals surface area contributed by atoms with Gasteiger partial charge in [0.25, 0.3) is 0 Å². The molecule has 1 aliphatic heterocycles. The van der Waals surface area contributed by atoms with Crippen LogP contribution in [0, 0.1) is 6.92 Å². The number of hydrogen-bond acceptors (Lipinski definition) is 2. The molecule has 0 saturated carbocycles. The molecule has 2 N–H and O–H groups in total. The van der Waals surface area contributed by atoms with E-state index in [2.05, 4.69) is 42.7 Å². The molecule has 1 aromatic carbocycles. The first-order chi connectivity index (χ1) is 6.79. The fraction of sp³-hybridized carbons (Fsp3) is 0.500. The zero-order valence-electron chi connectivity index (χ0n) is 8.93. The minimum Gasteiger partial charge on any atom is -0.383 e. The van der Waals surface area contributed by atoms with Crippen molar-refractivity contribution in [1.82, 2.24) is 0 Å². The predicted octanol–water partition coefficient (Wildman–Crippen LogP) is 3.00. The van der Waals surface area contributed by atoms with Crippen LogP contribution in [0.2, 0.25) is 0 Å². The molecule has 2 nitrogen and oxygen atoms in total. The molecular formula is C12H18N2. The number of rotatable bonds is 1. The Bertz CT molecular complexity index is 320. The summed E-state index contributed by atoms with van der Waals surface area (Å²) >= 11 is 0. The molecule has 1 atom stereocenters. The monoisotopic (exact) mass is 190 g/mol. The lowest BCUT2D eigenvalue weighted by molar-refractivity contribution is 0.661. The quantitative estimate of drug-likeness (QED) is 0.711. The molecule has 1 aromatic rings. The second-order valence-corrected chi connectivity index (χ2v) is 4.01. The van der Waals surface area contributed by atoms with Crippen LogP contribution in [0.25, 0.3) is 0 Å². The van der Waals surface area contributed by atoms with E-state index in [0.29, 0.717) is 6.04 Å². The molecule has 1 aliphatic rings. The van der Waals surface area contributed by atoms with E-state index in [1.165, 1.54) is 29.8 Å². The average molecular weight is 190 g/mol. The highest BCUT2D eigenvalue weighted by molar-refractivity contribution is 5.70. The van der Waals surface area contributed by atoms with Gasteiger partial charge in [0.05, 0.1) is 11.4 Å². The van der Waals surface area contributed by atoms with Crippen LogP contribution in [0.1, 0.15) is 25.3 Å². The fourth-order valence-electron chi connectivity index (χ4n) is 1.91. The SMILES string of the molecule is CCC1CCNc2cc(C)ccc2N1. The summed E-state index contributed by atoms with van der Waals surface area (Å²) in [6.07, 6.45) is 2.39. The number of anilines is 2. The van der Waals surface area contributed by atoms with E-state index in [4.69, 9.17) is 0 Å². The van der Waals surface area contributed by atoms with Crippen molar-refractivity contribution in [2.75, 3.05) is 17.2 Å². The van der Waals surface area contributed by atoms with E-state index in [9.17, 15) is 0 Å². The molecular weight excluding hydrogens is 172 g/mol. The van der Waals surface area contributed by atoms with Crippen molar-refractivity contribution in [2.45, 2.75) is 32.7 Å². The lowest BCUT2D eigenvalue weighted by Gasteiger charge is -2.15. The molecule has 1 unspecified atom stereocenters. The molecule has 0 bridgehead atoms. The Morgan fingerprint density at radius 3 is 3.00 bits per heavy atom. The molecule has 1 heterocycles. The first kappa shape index (κ1) is 9.38. The highest BCUT2D eigenvalue weighted by Gasteiger charge is 2.12. The van der Waals surface area contributed by atoms with Gasteiger partial charge in [-0.05, 0) is 37.5 Å². The fourth-order valence-corrected chi connectivity index (χ4v) is 1.91. The second kappa shape index (κ2) is 3.91. The van der Waals surface area contributed by atoms with Crippen molar-refractivity contribution in [2.24, 2.45) is 0 Å². The highest BCUT2D eigenvalue weighted by atomic mass is 15.0. The molecule has 2 heteroatoms. The summed E-state index contributed by atoms with van der Waals surface area (Å²) < 4.78 is 0. The van der Waals surface area contributed by atoms with Gasteiger partial charge >= 0.3 is 0 Å². The smallest absolute Gasteiger partial charge is 0.0578 e. The summed E-state index contributed by atoms with van der Waals surface area (Å²) in [7, 11) is 0. The van der Waals surface area contributed by atoms with Crippen LogP contribution in [0.4, 0.5) is 11.4 Å². The van der Waals surface area contributed by atoms with Crippen LogP contribution < -0.4 is 10.6 Å². The van der Waals surface area contributed by atoms with Crippen LogP contribution in [0.5, 0.6) is 0 Å². The van der Waals surface area contributed by atoms with Gasteiger partial charge in [-0.15, -0.1) is 0 Å².